The monoisotopic (exact) mass is 432 g/mol. The fourth-order valence-corrected chi connectivity index (χ4v) is 3.62. The highest BCUT2D eigenvalue weighted by Gasteiger charge is 2.19. The Morgan fingerprint density at radius 2 is 1.70 bits per heavy atom. The maximum atomic E-state index is 12.7. The number of aryl methyl sites for hydroxylation is 2. The minimum atomic E-state index is -3.33. The molecule has 2 rings (SSSR count). The molecule has 1 amide bonds. The Hall–Kier alpha value is -2.54. The minimum absolute atomic E-state index is 0.168. The van der Waals surface area contributed by atoms with Gasteiger partial charge in [0, 0.05) is 13.6 Å². The smallest absolute Gasteiger partial charge is 0.261 e. The molecule has 0 aliphatic carbocycles. The first-order valence-electron chi connectivity index (χ1n) is 10.3. The van der Waals surface area contributed by atoms with Crippen molar-refractivity contribution in [1.29, 1.82) is 0 Å². The van der Waals surface area contributed by atoms with Crippen LogP contribution in [0, 0.1) is 0 Å². The first-order valence-corrected chi connectivity index (χ1v) is 12.1. The fourth-order valence-electron chi connectivity index (χ4n) is 3.12. The first kappa shape index (κ1) is 23.7. The Kier molecular flexibility index (Phi) is 8.29. The number of hydrogen-bond acceptors (Lipinski definition) is 4. The van der Waals surface area contributed by atoms with E-state index in [1.54, 1.807) is 24.3 Å². The lowest BCUT2D eigenvalue weighted by molar-refractivity contribution is -0.128. The van der Waals surface area contributed by atoms with E-state index in [-0.39, 0.29) is 5.91 Å². The molecule has 6 nitrogen and oxygen atoms in total. The van der Waals surface area contributed by atoms with Crippen LogP contribution in [-0.4, -0.2) is 33.7 Å². The summed E-state index contributed by atoms with van der Waals surface area (Å²) >= 11 is 0. The minimum Gasteiger partial charge on any atom is -0.481 e. The normalized spacial score (nSPS) is 12.3. The molecule has 30 heavy (non-hydrogen) atoms. The van der Waals surface area contributed by atoms with Gasteiger partial charge >= 0.3 is 0 Å². The van der Waals surface area contributed by atoms with E-state index >= 15 is 0 Å². The van der Waals surface area contributed by atoms with Gasteiger partial charge in [-0.2, -0.15) is 0 Å². The number of ether oxygens (including phenoxy) is 1. The van der Waals surface area contributed by atoms with E-state index in [0.29, 0.717) is 24.4 Å². The lowest BCUT2D eigenvalue weighted by atomic mass is 10.0. The van der Waals surface area contributed by atoms with Crippen molar-refractivity contribution in [2.24, 2.45) is 0 Å². The predicted molar refractivity (Wildman–Crippen MR) is 121 cm³/mol. The highest BCUT2D eigenvalue weighted by Crippen LogP contribution is 2.21. The fraction of sp³-hybridized carbons (Fsp3) is 0.435. The molecule has 0 saturated carbocycles. The van der Waals surface area contributed by atoms with E-state index in [1.807, 2.05) is 6.92 Å². The summed E-state index contributed by atoms with van der Waals surface area (Å²) in [5, 5.41) is 2.99. The van der Waals surface area contributed by atoms with Crippen LogP contribution in [0.5, 0.6) is 5.75 Å². The highest BCUT2D eigenvalue weighted by molar-refractivity contribution is 7.92. The second kappa shape index (κ2) is 10.5. The molecule has 0 fully saturated rings. The van der Waals surface area contributed by atoms with Gasteiger partial charge < -0.3 is 10.1 Å². The summed E-state index contributed by atoms with van der Waals surface area (Å²) in [6.45, 7) is 6.58. The van der Waals surface area contributed by atoms with Crippen LogP contribution in [0.1, 0.15) is 43.9 Å². The molecule has 1 unspecified atom stereocenters. The van der Waals surface area contributed by atoms with Gasteiger partial charge in [-0.05, 0) is 60.2 Å². The van der Waals surface area contributed by atoms with Gasteiger partial charge in [0.1, 0.15) is 5.75 Å². The van der Waals surface area contributed by atoms with Crippen LogP contribution in [0.15, 0.2) is 42.5 Å². The third-order valence-corrected chi connectivity index (χ3v) is 6.36. The average Bonchev–Trinajstić information content (AvgIpc) is 2.74. The third-order valence-electron chi connectivity index (χ3n) is 5.15. The van der Waals surface area contributed by atoms with Gasteiger partial charge in [-0.1, -0.05) is 39.0 Å². The van der Waals surface area contributed by atoms with Gasteiger partial charge in [-0.15, -0.1) is 0 Å². The molecule has 0 aromatic heterocycles. The largest absolute Gasteiger partial charge is 0.481 e. The Balaban J connectivity index is 2.03. The van der Waals surface area contributed by atoms with E-state index in [0.717, 1.165) is 24.7 Å². The molecule has 0 aliphatic heterocycles. The standard InChI is InChI=1S/C23H32N2O4S/c1-6-17-9-10-18(7-2)19(15-17)16-24-23(26)22(8-3)29-21-13-11-20(12-14-21)25(4)30(5,27)28/h9-15,22H,6-8,16H2,1-5H3,(H,24,26). The summed E-state index contributed by atoms with van der Waals surface area (Å²) in [7, 11) is -1.83. The van der Waals surface area contributed by atoms with Gasteiger partial charge in [0.25, 0.3) is 5.91 Å². The summed E-state index contributed by atoms with van der Waals surface area (Å²) in [5.41, 5.74) is 4.14. The molecule has 0 saturated heterocycles. The topological polar surface area (TPSA) is 75.7 Å². The summed E-state index contributed by atoms with van der Waals surface area (Å²) in [6.07, 6.45) is 2.91. The van der Waals surface area contributed by atoms with Crippen molar-refractivity contribution in [1.82, 2.24) is 5.32 Å². The van der Waals surface area contributed by atoms with Crippen molar-refractivity contribution in [3.63, 3.8) is 0 Å². The SMILES string of the molecule is CCc1ccc(CC)c(CNC(=O)C(CC)Oc2ccc(N(C)S(C)(=O)=O)cc2)c1. The predicted octanol–water partition coefficient (Wildman–Crippen LogP) is 3.68. The number of carbonyl (C=O) groups is 1. The zero-order valence-electron chi connectivity index (χ0n) is 18.4. The number of anilines is 1. The maximum Gasteiger partial charge on any atom is 0.261 e. The number of benzene rings is 2. The van der Waals surface area contributed by atoms with E-state index in [9.17, 15) is 13.2 Å². The summed E-state index contributed by atoms with van der Waals surface area (Å²) in [5.74, 6) is 0.351. The first-order chi connectivity index (χ1) is 14.2. The van der Waals surface area contributed by atoms with Crippen LogP contribution in [0.4, 0.5) is 5.69 Å². The van der Waals surface area contributed by atoms with Gasteiger partial charge in [-0.25, -0.2) is 8.42 Å². The summed E-state index contributed by atoms with van der Waals surface area (Å²) in [6, 6.07) is 13.1. The molecular weight excluding hydrogens is 400 g/mol. The van der Waals surface area contributed by atoms with E-state index in [4.69, 9.17) is 4.74 Å². The number of nitrogens with zero attached hydrogens (tertiary/aromatic N) is 1. The van der Waals surface area contributed by atoms with E-state index in [2.05, 4.69) is 37.4 Å². The Labute approximate surface area is 180 Å². The third kappa shape index (κ3) is 6.23. The Morgan fingerprint density at radius 3 is 2.23 bits per heavy atom. The van der Waals surface area contributed by atoms with Crippen molar-refractivity contribution in [3.05, 3.63) is 59.2 Å². The van der Waals surface area contributed by atoms with Gasteiger partial charge in [0.15, 0.2) is 6.10 Å². The van der Waals surface area contributed by atoms with Crippen LogP contribution in [0.2, 0.25) is 0 Å². The molecule has 2 aromatic rings. The molecule has 2 aromatic carbocycles. The second-order valence-corrected chi connectivity index (χ2v) is 9.28. The number of sulfonamides is 1. The maximum absolute atomic E-state index is 12.7. The number of nitrogens with one attached hydrogen (secondary N) is 1. The highest BCUT2D eigenvalue weighted by atomic mass is 32.2. The van der Waals surface area contributed by atoms with Crippen LogP contribution >= 0.6 is 0 Å². The van der Waals surface area contributed by atoms with Crippen molar-refractivity contribution in [2.75, 3.05) is 17.6 Å². The molecule has 1 N–H and O–H groups in total. The number of amides is 1. The lowest BCUT2D eigenvalue weighted by Gasteiger charge is -2.20. The number of rotatable bonds is 10. The molecule has 0 spiro atoms. The van der Waals surface area contributed by atoms with Crippen molar-refractivity contribution < 1.29 is 17.9 Å². The molecule has 0 heterocycles. The zero-order valence-corrected chi connectivity index (χ0v) is 19.3. The van der Waals surface area contributed by atoms with Gasteiger partial charge in [0.2, 0.25) is 10.0 Å². The molecule has 0 bridgehead atoms. The zero-order chi connectivity index (χ0) is 22.3. The average molecular weight is 433 g/mol. The van der Waals surface area contributed by atoms with Crippen molar-refractivity contribution in [3.8, 4) is 5.75 Å². The van der Waals surface area contributed by atoms with Crippen LogP contribution in [0.25, 0.3) is 0 Å². The van der Waals surface area contributed by atoms with Crippen LogP contribution in [0.3, 0.4) is 0 Å². The Morgan fingerprint density at radius 1 is 1.03 bits per heavy atom. The molecule has 0 radical (unpaired) electrons. The lowest BCUT2D eigenvalue weighted by Crippen LogP contribution is -2.37. The van der Waals surface area contributed by atoms with Crippen molar-refractivity contribution in [2.45, 2.75) is 52.7 Å². The van der Waals surface area contributed by atoms with E-state index < -0.39 is 16.1 Å². The molecule has 164 valence electrons. The quantitative estimate of drug-likeness (QED) is 0.621. The van der Waals surface area contributed by atoms with Crippen LogP contribution < -0.4 is 14.4 Å². The van der Waals surface area contributed by atoms with Gasteiger partial charge in [0.05, 0.1) is 11.9 Å². The molecule has 1 atom stereocenters. The second-order valence-electron chi connectivity index (χ2n) is 7.27. The molecule has 7 heteroatoms. The number of carbonyl (C=O) groups excluding carboxylic acids is 1. The molecule has 0 aliphatic rings. The molecular formula is C23H32N2O4S. The Bertz CT molecular complexity index is 956. The van der Waals surface area contributed by atoms with Crippen LogP contribution in [-0.2, 0) is 34.2 Å². The van der Waals surface area contributed by atoms with E-state index in [1.165, 1.54) is 22.5 Å². The number of hydrogen-bond donors (Lipinski definition) is 1. The van der Waals surface area contributed by atoms with Crippen molar-refractivity contribution >= 4 is 21.6 Å². The van der Waals surface area contributed by atoms with Gasteiger partial charge in [-0.3, -0.25) is 9.10 Å². The summed E-state index contributed by atoms with van der Waals surface area (Å²) < 4.78 is 30.3. The summed E-state index contributed by atoms with van der Waals surface area (Å²) in [4.78, 5) is 12.7.